The Kier molecular flexibility index (Phi) is 29.5. The molecule has 1 heterocycles. The number of hydrogen-bond acceptors (Lipinski definition) is 9. The van der Waals surface area contributed by atoms with Crippen molar-refractivity contribution in [3.05, 3.63) is 0 Å². The number of carboxylic acids is 1. The van der Waals surface area contributed by atoms with Crippen LogP contribution < -0.4 is 11.1 Å². The number of carbonyl (C=O) groups is 4. The van der Waals surface area contributed by atoms with Crippen molar-refractivity contribution in [2.75, 3.05) is 13.2 Å². The normalized spacial score (nSPS) is 21.5. The van der Waals surface area contributed by atoms with E-state index in [0.29, 0.717) is 12.8 Å². The van der Waals surface area contributed by atoms with E-state index in [1.807, 2.05) is 0 Å². The number of unbranched alkanes of at least 4 members (excludes halogenated alkanes) is 23. The molecule has 0 aromatic rings. The Hall–Kier alpha value is -2.12. The van der Waals surface area contributed by atoms with Crippen molar-refractivity contribution >= 4 is 23.6 Å². The van der Waals surface area contributed by atoms with Gasteiger partial charge in [-0.2, -0.15) is 0 Å². The Morgan fingerprint density at radius 2 is 1.07 bits per heavy atom. The second kappa shape index (κ2) is 31.8. The number of aliphatic hydroxyl groups is 3. The molecule has 0 aliphatic carbocycles. The van der Waals surface area contributed by atoms with E-state index in [-0.39, 0.29) is 38.1 Å². The van der Waals surface area contributed by atoms with Crippen LogP contribution in [0.5, 0.6) is 0 Å². The molecule has 0 saturated carbocycles. The summed E-state index contributed by atoms with van der Waals surface area (Å²) in [6.07, 6.45) is 23.8. The molecule has 1 saturated heterocycles. The number of aliphatic hydroxyl groups excluding tert-OH is 3. The number of Topliss-reactive ketones (excluding diaryl/α,β-unsaturated/α-hetero) is 1. The van der Waals surface area contributed by atoms with Crippen LogP contribution in [-0.2, 0) is 23.9 Å². The molecule has 0 aromatic carbocycles. The van der Waals surface area contributed by atoms with Gasteiger partial charge in [-0.05, 0) is 26.2 Å². The van der Waals surface area contributed by atoms with Gasteiger partial charge in [0.1, 0.15) is 18.1 Å². The van der Waals surface area contributed by atoms with Gasteiger partial charge in [0.15, 0.2) is 5.78 Å². The van der Waals surface area contributed by atoms with Gasteiger partial charge in [-0.15, -0.1) is 0 Å². The van der Waals surface area contributed by atoms with Crippen molar-refractivity contribution in [1.82, 2.24) is 10.2 Å². The van der Waals surface area contributed by atoms with Gasteiger partial charge in [0, 0.05) is 25.8 Å². The van der Waals surface area contributed by atoms with Gasteiger partial charge in [0.05, 0.1) is 18.8 Å². The fourth-order valence-electron chi connectivity index (χ4n) is 7.88. The maximum atomic E-state index is 14.0. The van der Waals surface area contributed by atoms with E-state index in [0.717, 1.165) is 44.9 Å². The Morgan fingerprint density at radius 1 is 0.643 bits per heavy atom. The number of aliphatic carboxylic acids is 1. The van der Waals surface area contributed by atoms with Gasteiger partial charge in [-0.3, -0.25) is 24.9 Å². The molecule has 0 aromatic heterocycles. The van der Waals surface area contributed by atoms with Crippen LogP contribution in [0.15, 0.2) is 0 Å². The van der Waals surface area contributed by atoms with Crippen LogP contribution in [0.2, 0.25) is 0 Å². The number of nitrogens with two attached hydrogens (primary N) is 1. The number of ether oxygens (including phenoxy) is 1. The molecule has 0 bridgehead atoms. The zero-order valence-electron chi connectivity index (χ0n) is 35.7. The van der Waals surface area contributed by atoms with Gasteiger partial charge in [-0.1, -0.05) is 162 Å². The summed E-state index contributed by atoms with van der Waals surface area (Å²) in [5.74, 6) is -6.50. The molecule has 7 N–H and O–H groups in total. The molecule has 0 radical (unpaired) electrons. The lowest BCUT2D eigenvalue weighted by Crippen LogP contribution is -2.76. The summed E-state index contributed by atoms with van der Waals surface area (Å²) in [7, 11) is 0. The third-order valence-corrected chi connectivity index (χ3v) is 11.4. The smallest absolute Gasteiger partial charge is 0.303 e. The number of carboxylic acid groups (broad SMARTS) is 1. The van der Waals surface area contributed by atoms with Crippen LogP contribution in [0.1, 0.15) is 207 Å². The molecule has 12 nitrogen and oxygen atoms in total. The van der Waals surface area contributed by atoms with Crippen molar-refractivity contribution in [2.24, 2.45) is 11.7 Å². The van der Waals surface area contributed by atoms with Crippen LogP contribution in [0, 0.1) is 5.92 Å². The lowest BCUT2D eigenvalue weighted by Gasteiger charge is -2.53. The van der Waals surface area contributed by atoms with Crippen LogP contribution in [0.3, 0.4) is 0 Å². The van der Waals surface area contributed by atoms with Crippen molar-refractivity contribution in [2.45, 2.75) is 237 Å². The molecular formula is C44H83N3O9. The predicted molar refractivity (Wildman–Crippen MR) is 222 cm³/mol. The molecule has 0 unspecified atom stereocenters. The molecule has 328 valence electrons. The number of nitrogens with one attached hydrogen (secondary N) is 1. The molecule has 6 atom stereocenters. The minimum atomic E-state index is -2.20. The minimum absolute atomic E-state index is 0.0788. The van der Waals surface area contributed by atoms with Gasteiger partial charge >= 0.3 is 5.97 Å². The van der Waals surface area contributed by atoms with Crippen molar-refractivity contribution in [3.8, 4) is 0 Å². The van der Waals surface area contributed by atoms with Gasteiger partial charge in [0.2, 0.25) is 17.7 Å². The van der Waals surface area contributed by atoms with E-state index in [4.69, 9.17) is 15.6 Å². The highest BCUT2D eigenvalue weighted by atomic mass is 16.6. The van der Waals surface area contributed by atoms with E-state index < -0.39 is 60.4 Å². The summed E-state index contributed by atoms with van der Waals surface area (Å²) in [6, 6.07) is -1.19. The average molecular weight is 798 g/mol. The van der Waals surface area contributed by atoms with Crippen molar-refractivity contribution in [3.63, 3.8) is 0 Å². The summed E-state index contributed by atoms with van der Waals surface area (Å²) in [6.45, 7) is 5.32. The van der Waals surface area contributed by atoms with Crippen LogP contribution in [0.4, 0.5) is 0 Å². The van der Waals surface area contributed by atoms with E-state index in [1.54, 1.807) is 0 Å². The number of ketones is 1. The highest BCUT2D eigenvalue weighted by Crippen LogP contribution is 2.36. The molecule has 1 aliphatic rings. The summed E-state index contributed by atoms with van der Waals surface area (Å²) in [5, 5.41) is 43.8. The number of amides is 2. The molecule has 1 fully saturated rings. The van der Waals surface area contributed by atoms with Crippen molar-refractivity contribution < 1.29 is 44.3 Å². The van der Waals surface area contributed by atoms with E-state index >= 15 is 0 Å². The third-order valence-electron chi connectivity index (χ3n) is 11.4. The largest absolute Gasteiger partial charge is 0.481 e. The lowest BCUT2D eigenvalue weighted by molar-refractivity contribution is -0.291. The first-order chi connectivity index (χ1) is 26.9. The van der Waals surface area contributed by atoms with Crippen LogP contribution >= 0.6 is 0 Å². The van der Waals surface area contributed by atoms with Crippen LogP contribution in [0.25, 0.3) is 0 Å². The Labute approximate surface area is 339 Å². The lowest BCUT2D eigenvalue weighted by atomic mass is 9.80. The Balaban J connectivity index is 2.92. The van der Waals surface area contributed by atoms with E-state index in [1.165, 1.54) is 115 Å². The molecule has 12 heteroatoms. The fraction of sp³-hybridized carbons (Fsp3) is 0.909. The highest BCUT2D eigenvalue weighted by molar-refractivity contribution is 5.92. The standard InChI is InChI=1S/C44H83N3O9/c1-4-6-8-10-12-14-15-16-17-18-19-20-22-24-26-28-33-47(38(50)31-27-25-23-21-13-11-9-7-5-2)44(45)40(43(55)42(54)36(34-48)56-44)41(53)35(3)46-37(49)30-29-32-39(51)52/h35-36,40,42-43,48,54-55H,4-34,45H2,1-3H3,(H,46,49)(H,51,52)/t35-,36+,40+,42+,43+,44-/m0/s1. The molecule has 2 amide bonds. The first-order valence-corrected chi connectivity index (χ1v) is 22.7. The maximum Gasteiger partial charge on any atom is 0.303 e. The zero-order valence-corrected chi connectivity index (χ0v) is 35.7. The van der Waals surface area contributed by atoms with Gasteiger partial charge in [-0.25, -0.2) is 0 Å². The quantitative estimate of drug-likeness (QED) is 0.0270. The number of hydrogen-bond donors (Lipinski definition) is 6. The second-order valence-electron chi connectivity index (χ2n) is 16.4. The monoisotopic (exact) mass is 798 g/mol. The fourth-order valence-corrected chi connectivity index (χ4v) is 7.88. The molecule has 1 aliphatic heterocycles. The number of carbonyl (C=O) groups excluding carboxylic acids is 3. The SMILES string of the molecule is CCCCCCCCCCCCCCCCCCN(C(=O)CCCCCCCCCCC)[C@]1(N)O[C@H](CO)[C@@H](O)[C@H](O)[C@H]1C(=O)[C@H](C)NC(=O)CCCC(=O)O. The van der Waals surface area contributed by atoms with E-state index in [9.17, 15) is 34.5 Å². The average Bonchev–Trinajstić information content (AvgIpc) is 3.16. The molecule has 56 heavy (non-hydrogen) atoms. The Bertz CT molecular complexity index is 1060. The van der Waals surface area contributed by atoms with Gasteiger partial charge < -0.3 is 35.4 Å². The summed E-state index contributed by atoms with van der Waals surface area (Å²) < 4.78 is 6.06. The van der Waals surface area contributed by atoms with E-state index in [2.05, 4.69) is 19.2 Å². The molecule has 0 spiro atoms. The zero-order chi connectivity index (χ0) is 41.6. The summed E-state index contributed by atoms with van der Waals surface area (Å²) in [5.41, 5.74) is 6.93. The number of nitrogens with zero attached hydrogens (tertiary/aromatic N) is 1. The van der Waals surface area contributed by atoms with Crippen LogP contribution in [-0.4, -0.2) is 92.2 Å². The second-order valence-corrected chi connectivity index (χ2v) is 16.4. The molecular weight excluding hydrogens is 714 g/mol. The molecule has 1 rings (SSSR count). The number of rotatable bonds is 36. The minimum Gasteiger partial charge on any atom is -0.481 e. The topological polar surface area (TPSA) is 200 Å². The first-order valence-electron chi connectivity index (χ1n) is 22.7. The summed E-state index contributed by atoms with van der Waals surface area (Å²) in [4.78, 5) is 52.9. The predicted octanol–water partition coefficient (Wildman–Crippen LogP) is 7.67. The van der Waals surface area contributed by atoms with Crippen molar-refractivity contribution in [1.29, 1.82) is 0 Å². The Morgan fingerprint density at radius 3 is 1.50 bits per heavy atom. The maximum absolute atomic E-state index is 14.0. The first kappa shape index (κ1) is 51.9. The van der Waals surface area contributed by atoms with Gasteiger partial charge in [0.25, 0.3) is 0 Å². The highest BCUT2D eigenvalue weighted by Gasteiger charge is 2.59. The third kappa shape index (κ3) is 21.0. The summed E-state index contributed by atoms with van der Waals surface area (Å²) >= 11 is 0.